The molecule has 3 aromatic rings. The van der Waals surface area contributed by atoms with Crippen LogP contribution in [-0.2, 0) is 17.9 Å². The van der Waals surface area contributed by atoms with Crippen LogP contribution in [0.1, 0.15) is 80.6 Å². The smallest absolute Gasteiger partial charge is 0.274 e. The van der Waals surface area contributed by atoms with Gasteiger partial charge < -0.3 is 19.0 Å². The Morgan fingerprint density at radius 2 is 1.82 bits per heavy atom. The summed E-state index contributed by atoms with van der Waals surface area (Å²) in [6.45, 7) is 4.22. The van der Waals surface area contributed by atoms with Crippen molar-refractivity contribution in [3.05, 3.63) is 65.9 Å². The van der Waals surface area contributed by atoms with Gasteiger partial charge in [0.05, 0.1) is 6.54 Å². The summed E-state index contributed by atoms with van der Waals surface area (Å²) >= 11 is 0. The van der Waals surface area contributed by atoms with Crippen molar-refractivity contribution in [2.24, 2.45) is 0 Å². The molecule has 0 atom stereocenters. The average Bonchev–Trinajstić information content (AvgIpc) is 3.28. The Morgan fingerprint density at radius 3 is 2.45 bits per heavy atom. The molecule has 1 aromatic heterocycles. The lowest BCUT2D eigenvalue weighted by molar-refractivity contribution is -0.107. The van der Waals surface area contributed by atoms with Gasteiger partial charge in [0.15, 0.2) is 0 Å². The molecule has 2 N–H and O–H groups in total. The summed E-state index contributed by atoms with van der Waals surface area (Å²) < 4.78 is 7.93. The molecule has 0 saturated heterocycles. The van der Waals surface area contributed by atoms with Crippen molar-refractivity contribution in [1.29, 1.82) is 0 Å². The van der Waals surface area contributed by atoms with Crippen molar-refractivity contribution in [1.82, 2.24) is 14.9 Å². The number of ether oxygens (including phenoxy) is 1. The van der Waals surface area contributed by atoms with Crippen LogP contribution in [0.4, 0.5) is 0 Å². The maximum Gasteiger partial charge on any atom is 0.274 e. The standard InChI is InChI=1S/C20H23N3O3.C7H14O.C4H8/c1-22(2)14-15-4-3-5-18(12-15)26-11-10-23-9-8-16-6-7-17(13-19(16)23)20(24)21-25;1-2-3-4-5-6-7-8;1-2-4-3-1/h3-9,12-13,25H,10-11,14H2,1-2H3,(H,21,24);7H,2-6H2,1H3;1-4H2. The SMILES string of the molecule is C1CCC1.CCCCCCC=O.CN(C)Cc1cccc(OCCn2ccc3ccc(C(=O)NO)cc32)c1. The van der Waals surface area contributed by atoms with Crippen molar-refractivity contribution in [3.8, 4) is 5.75 Å². The number of fused-ring (bicyclic) bond motifs is 1. The number of carbonyl (C=O) groups excluding carboxylic acids is 2. The molecule has 38 heavy (non-hydrogen) atoms. The van der Waals surface area contributed by atoms with Crippen LogP contribution in [0.3, 0.4) is 0 Å². The molecule has 1 aliphatic carbocycles. The lowest BCUT2D eigenvalue weighted by Gasteiger charge is -2.12. The molecule has 208 valence electrons. The highest BCUT2D eigenvalue weighted by molar-refractivity contribution is 5.97. The molecule has 0 unspecified atom stereocenters. The number of aromatic nitrogens is 1. The summed E-state index contributed by atoms with van der Waals surface area (Å²) in [7, 11) is 4.08. The van der Waals surface area contributed by atoms with Gasteiger partial charge in [-0.3, -0.25) is 10.0 Å². The molecule has 0 spiro atoms. The number of nitrogens with zero attached hydrogens (tertiary/aromatic N) is 2. The van der Waals surface area contributed by atoms with E-state index in [-0.39, 0.29) is 0 Å². The van der Waals surface area contributed by atoms with Crippen molar-refractivity contribution in [2.45, 2.75) is 77.8 Å². The van der Waals surface area contributed by atoms with Gasteiger partial charge in [0.2, 0.25) is 0 Å². The third kappa shape index (κ3) is 11.5. The second-order valence-electron chi connectivity index (χ2n) is 9.89. The number of hydroxylamine groups is 1. The average molecular weight is 524 g/mol. The largest absolute Gasteiger partial charge is 0.492 e. The summed E-state index contributed by atoms with van der Waals surface area (Å²) in [6.07, 6.45) is 14.5. The quantitative estimate of drug-likeness (QED) is 0.121. The fourth-order valence-corrected chi connectivity index (χ4v) is 3.85. The normalized spacial score (nSPS) is 12.0. The van der Waals surface area contributed by atoms with Crippen LogP contribution in [0.2, 0.25) is 0 Å². The Morgan fingerprint density at radius 1 is 1.05 bits per heavy atom. The molecule has 7 heteroatoms. The number of nitrogens with one attached hydrogen (secondary N) is 1. The molecule has 1 fully saturated rings. The predicted molar refractivity (Wildman–Crippen MR) is 154 cm³/mol. The Hall–Kier alpha value is -3.16. The number of amides is 1. The van der Waals surface area contributed by atoms with Crippen molar-refractivity contribution in [2.75, 3.05) is 20.7 Å². The first-order valence-corrected chi connectivity index (χ1v) is 13.8. The minimum absolute atomic E-state index is 0.414. The van der Waals surface area contributed by atoms with E-state index in [0.29, 0.717) is 18.7 Å². The van der Waals surface area contributed by atoms with Crippen LogP contribution >= 0.6 is 0 Å². The van der Waals surface area contributed by atoms with Gasteiger partial charge in [-0.1, -0.05) is 70.1 Å². The molecule has 0 aliphatic heterocycles. The third-order valence-electron chi connectivity index (χ3n) is 6.31. The second-order valence-corrected chi connectivity index (χ2v) is 9.89. The molecule has 0 bridgehead atoms. The fourth-order valence-electron chi connectivity index (χ4n) is 3.85. The van der Waals surface area contributed by atoms with E-state index in [1.807, 2.05) is 49.1 Å². The zero-order chi connectivity index (χ0) is 27.6. The molecule has 2 aromatic carbocycles. The molecule has 1 amide bonds. The van der Waals surface area contributed by atoms with Gasteiger partial charge in [0.1, 0.15) is 18.6 Å². The number of hydrogen-bond donors (Lipinski definition) is 2. The van der Waals surface area contributed by atoms with E-state index in [1.54, 1.807) is 17.6 Å². The number of carbonyl (C=O) groups is 2. The lowest BCUT2D eigenvalue weighted by atomic mass is 10.0. The summed E-state index contributed by atoms with van der Waals surface area (Å²) in [5.74, 6) is 0.328. The first-order chi connectivity index (χ1) is 18.5. The van der Waals surface area contributed by atoms with E-state index in [4.69, 9.17) is 9.94 Å². The van der Waals surface area contributed by atoms with E-state index in [9.17, 15) is 9.59 Å². The number of hydrogen-bond acceptors (Lipinski definition) is 5. The molecule has 7 nitrogen and oxygen atoms in total. The molecule has 1 heterocycles. The highest BCUT2D eigenvalue weighted by Crippen LogP contribution is 2.19. The number of aldehydes is 1. The first kappa shape index (κ1) is 31.1. The highest BCUT2D eigenvalue weighted by Gasteiger charge is 2.08. The molecular weight excluding hydrogens is 478 g/mol. The van der Waals surface area contributed by atoms with Gasteiger partial charge in [-0.15, -0.1) is 0 Å². The molecule has 1 aliphatic rings. The van der Waals surface area contributed by atoms with Gasteiger partial charge in [-0.2, -0.15) is 0 Å². The molecule has 0 radical (unpaired) electrons. The summed E-state index contributed by atoms with van der Waals surface area (Å²) in [4.78, 5) is 23.5. The summed E-state index contributed by atoms with van der Waals surface area (Å²) in [6, 6.07) is 15.4. The van der Waals surface area contributed by atoms with Crippen molar-refractivity contribution >= 4 is 23.1 Å². The Balaban J connectivity index is 0.000000349. The van der Waals surface area contributed by atoms with Gasteiger partial charge >= 0.3 is 0 Å². The topological polar surface area (TPSA) is 83.8 Å². The third-order valence-corrected chi connectivity index (χ3v) is 6.31. The van der Waals surface area contributed by atoms with Crippen LogP contribution < -0.4 is 10.2 Å². The Kier molecular flexibility index (Phi) is 14.8. The lowest BCUT2D eigenvalue weighted by Crippen LogP contribution is -2.18. The van der Waals surface area contributed by atoms with Crippen LogP contribution in [0.25, 0.3) is 10.9 Å². The first-order valence-electron chi connectivity index (χ1n) is 13.8. The van der Waals surface area contributed by atoms with Gasteiger partial charge in [0.25, 0.3) is 5.91 Å². The van der Waals surface area contributed by atoms with Gasteiger partial charge in [-0.05, 0) is 61.8 Å². The van der Waals surface area contributed by atoms with Gasteiger partial charge in [0, 0.05) is 30.2 Å². The monoisotopic (exact) mass is 523 g/mol. The maximum absolute atomic E-state index is 11.6. The van der Waals surface area contributed by atoms with E-state index >= 15 is 0 Å². The minimum atomic E-state index is -0.520. The minimum Gasteiger partial charge on any atom is -0.492 e. The number of unbranched alkanes of at least 4 members (excludes halogenated alkanes) is 4. The van der Waals surface area contributed by atoms with E-state index in [0.717, 1.165) is 42.3 Å². The van der Waals surface area contributed by atoms with Crippen molar-refractivity contribution < 1.29 is 19.5 Å². The highest BCUT2D eigenvalue weighted by atomic mass is 16.5. The predicted octanol–water partition coefficient (Wildman–Crippen LogP) is 6.62. The zero-order valence-corrected chi connectivity index (χ0v) is 23.3. The molecular formula is C31H45N3O4. The maximum atomic E-state index is 11.6. The number of rotatable bonds is 12. The second kappa shape index (κ2) is 18.2. The molecule has 1 saturated carbocycles. The molecule has 4 rings (SSSR count). The van der Waals surface area contributed by atoms with Crippen LogP contribution in [0.5, 0.6) is 5.75 Å². The zero-order valence-electron chi connectivity index (χ0n) is 23.3. The van der Waals surface area contributed by atoms with E-state index < -0.39 is 5.91 Å². The summed E-state index contributed by atoms with van der Waals surface area (Å²) in [5.41, 5.74) is 4.21. The van der Waals surface area contributed by atoms with Crippen molar-refractivity contribution in [3.63, 3.8) is 0 Å². The Bertz CT molecular complexity index is 1090. The van der Waals surface area contributed by atoms with Gasteiger partial charge in [-0.25, -0.2) is 5.48 Å². The number of benzene rings is 2. The van der Waals surface area contributed by atoms with Crippen LogP contribution in [-0.4, -0.2) is 47.6 Å². The van der Waals surface area contributed by atoms with Crippen LogP contribution in [0.15, 0.2) is 54.7 Å². The van der Waals surface area contributed by atoms with Crippen LogP contribution in [0, 0.1) is 0 Å². The summed E-state index contributed by atoms with van der Waals surface area (Å²) in [5, 5.41) is 9.83. The Labute approximate surface area is 227 Å². The van der Waals surface area contributed by atoms with E-state index in [2.05, 4.69) is 24.0 Å². The van der Waals surface area contributed by atoms with E-state index in [1.165, 1.54) is 50.5 Å². The fraction of sp³-hybridized carbons (Fsp3) is 0.484.